The van der Waals surface area contributed by atoms with Crippen LogP contribution in [0.1, 0.15) is 13.8 Å². The van der Waals surface area contributed by atoms with Crippen LogP contribution in [0.2, 0.25) is 0 Å². The van der Waals surface area contributed by atoms with Crippen LogP contribution in [0, 0.1) is 5.82 Å². The number of hydrogen-bond donors (Lipinski definition) is 1. The fourth-order valence-corrected chi connectivity index (χ4v) is 1.36. The van der Waals surface area contributed by atoms with Crippen molar-refractivity contribution in [3.05, 3.63) is 24.0 Å². The minimum atomic E-state index is -0.471. The van der Waals surface area contributed by atoms with E-state index in [-0.39, 0.29) is 12.4 Å². The Kier molecular flexibility index (Phi) is 3.75. The molecule has 0 bridgehead atoms. The minimum Gasteiger partial charge on any atom is -0.495 e. The first-order valence-corrected chi connectivity index (χ1v) is 5.10. The number of likely N-dealkylation sites (N-methyl/N-ethyl adjacent to an activating group) is 1. The second kappa shape index (κ2) is 4.70. The standard InChI is InChI=1S/C12H18FNO2/c1-12(2,8-15)14(3)10-7-9(13)5-6-11(10)16-4/h5-7,15H,8H2,1-4H3. The highest BCUT2D eigenvalue weighted by atomic mass is 19.1. The molecule has 0 aliphatic heterocycles. The molecule has 0 saturated carbocycles. The van der Waals surface area contributed by atoms with Gasteiger partial charge in [-0.15, -0.1) is 0 Å². The van der Waals surface area contributed by atoms with Crippen molar-refractivity contribution in [2.24, 2.45) is 0 Å². The second-order valence-electron chi connectivity index (χ2n) is 4.35. The topological polar surface area (TPSA) is 32.7 Å². The number of ether oxygens (including phenoxy) is 1. The maximum Gasteiger partial charge on any atom is 0.142 e. The maximum absolute atomic E-state index is 13.2. The molecule has 0 radical (unpaired) electrons. The Morgan fingerprint density at radius 2 is 2.06 bits per heavy atom. The lowest BCUT2D eigenvalue weighted by molar-refractivity contribution is 0.215. The first-order chi connectivity index (χ1) is 7.42. The molecule has 0 aliphatic rings. The largest absolute Gasteiger partial charge is 0.495 e. The van der Waals surface area contributed by atoms with Gasteiger partial charge in [-0.3, -0.25) is 0 Å². The van der Waals surface area contributed by atoms with Gasteiger partial charge in [0.15, 0.2) is 0 Å². The summed E-state index contributed by atoms with van der Waals surface area (Å²) in [5.74, 6) is 0.266. The second-order valence-corrected chi connectivity index (χ2v) is 4.35. The van der Waals surface area contributed by atoms with Crippen LogP contribution in [0.3, 0.4) is 0 Å². The molecule has 1 N–H and O–H groups in total. The molecule has 0 atom stereocenters. The van der Waals surface area contributed by atoms with E-state index in [9.17, 15) is 9.50 Å². The number of anilines is 1. The van der Waals surface area contributed by atoms with Gasteiger partial charge in [-0.2, -0.15) is 0 Å². The summed E-state index contributed by atoms with van der Waals surface area (Å²) in [6, 6.07) is 4.33. The molecular formula is C12H18FNO2. The van der Waals surface area contributed by atoms with Gasteiger partial charge < -0.3 is 14.7 Å². The Hall–Kier alpha value is -1.29. The van der Waals surface area contributed by atoms with Gasteiger partial charge in [-0.1, -0.05) is 0 Å². The van der Waals surface area contributed by atoms with E-state index in [2.05, 4.69) is 0 Å². The monoisotopic (exact) mass is 227 g/mol. The lowest BCUT2D eigenvalue weighted by atomic mass is 10.0. The highest BCUT2D eigenvalue weighted by molar-refractivity contribution is 5.59. The zero-order chi connectivity index (χ0) is 12.3. The fourth-order valence-electron chi connectivity index (χ4n) is 1.36. The van der Waals surface area contributed by atoms with E-state index >= 15 is 0 Å². The van der Waals surface area contributed by atoms with E-state index in [1.807, 2.05) is 13.8 Å². The van der Waals surface area contributed by atoms with Crippen LogP contribution in [0.4, 0.5) is 10.1 Å². The summed E-state index contributed by atoms with van der Waals surface area (Å²) >= 11 is 0. The number of aliphatic hydroxyl groups excluding tert-OH is 1. The summed E-state index contributed by atoms with van der Waals surface area (Å²) in [6.07, 6.45) is 0. The smallest absolute Gasteiger partial charge is 0.142 e. The summed E-state index contributed by atoms with van der Waals surface area (Å²) in [5.41, 5.74) is 0.155. The molecule has 0 aromatic heterocycles. The van der Waals surface area contributed by atoms with Crippen LogP contribution in [0.25, 0.3) is 0 Å². The van der Waals surface area contributed by atoms with Crippen molar-refractivity contribution in [1.82, 2.24) is 0 Å². The molecule has 1 aromatic carbocycles. The summed E-state index contributed by atoms with van der Waals surface area (Å²) in [6.45, 7) is 3.72. The SMILES string of the molecule is COc1ccc(F)cc1N(C)C(C)(C)CO. The number of nitrogens with zero attached hydrogens (tertiary/aromatic N) is 1. The van der Waals surface area contributed by atoms with E-state index in [1.54, 1.807) is 18.0 Å². The molecule has 0 spiro atoms. The lowest BCUT2D eigenvalue weighted by Crippen LogP contribution is -2.44. The van der Waals surface area contributed by atoms with Crippen LogP contribution in [0.5, 0.6) is 5.75 Å². The molecule has 0 unspecified atom stereocenters. The van der Waals surface area contributed by atoms with Gasteiger partial charge in [-0.25, -0.2) is 4.39 Å². The van der Waals surface area contributed by atoms with E-state index < -0.39 is 5.54 Å². The third-order valence-electron chi connectivity index (χ3n) is 2.80. The molecule has 0 heterocycles. The lowest BCUT2D eigenvalue weighted by Gasteiger charge is -2.36. The molecule has 16 heavy (non-hydrogen) atoms. The zero-order valence-electron chi connectivity index (χ0n) is 10.1. The third kappa shape index (κ3) is 2.44. The highest BCUT2D eigenvalue weighted by Crippen LogP contribution is 2.32. The molecule has 1 aromatic rings. The highest BCUT2D eigenvalue weighted by Gasteiger charge is 2.25. The molecule has 0 saturated heterocycles. The molecule has 4 heteroatoms. The Morgan fingerprint density at radius 1 is 1.44 bits per heavy atom. The van der Waals surface area contributed by atoms with Crippen molar-refractivity contribution in [2.45, 2.75) is 19.4 Å². The molecule has 0 aliphatic carbocycles. The van der Waals surface area contributed by atoms with E-state index in [0.29, 0.717) is 11.4 Å². The van der Waals surface area contributed by atoms with Crippen molar-refractivity contribution < 1.29 is 14.2 Å². The summed E-state index contributed by atoms with van der Waals surface area (Å²) in [7, 11) is 3.34. The van der Waals surface area contributed by atoms with Crippen molar-refractivity contribution >= 4 is 5.69 Å². The molecule has 0 amide bonds. The van der Waals surface area contributed by atoms with Gasteiger partial charge in [0.1, 0.15) is 11.6 Å². The van der Waals surface area contributed by atoms with Crippen molar-refractivity contribution in [3.63, 3.8) is 0 Å². The van der Waals surface area contributed by atoms with Crippen LogP contribution < -0.4 is 9.64 Å². The fraction of sp³-hybridized carbons (Fsp3) is 0.500. The Labute approximate surface area is 95.5 Å². The van der Waals surface area contributed by atoms with Gasteiger partial charge in [0.25, 0.3) is 0 Å². The normalized spacial score (nSPS) is 11.4. The first kappa shape index (κ1) is 12.8. The number of hydrogen-bond acceptors (Lipinski definition) is 3. The van der Waals surface area contributed by atoms with Crippen molar-refractivity contribution in [3.8, 4) is 5.75 Å². The predicted octanol–water partition coefficient (Wildman–Crippen LogP) is 2.04. The Bertz CT molecular complexity index is 366. The van der Waals surface area contributed by atoms with Gasteiger partial charge in [0.2, 0.25) is 0 Å². The van der Waals surface area contributed by atoms with Gasteiger partial charge in [0.05, 0.1) is 24.9 Å². The number of halogens is 1. The van der Waals surface area contributed by atoms with Crippen LogP contribution in [-0.2, 0) is 0 Å². The van der Waals surface area contributed by atoms with Gasteiger partial charge >= 0.3 is 0 Å². The maximum atomic E-state index is 13.2. The summed E-state index contributed by atoms with van der Waals surface area (Å²) in [5, 5.41) is 9.28. The summed E-state index contributed by atoms with van der Waals surface area (Å²) in [4.78, 5) is 1.80. The average molecular weight is 227 g/mol. The number of benzene rings is 1. The van der Waals surface area contributed by atoms with Crippen molar-refractivity contribution in [2.75, 3.05) is 25.7 Å². The molecule has 3 nitrogen and oxygen atoms in total. The number of methoxy groups -OCH3 is 1. The Morgan fingerprint density at radius 3 is 2.56 bits per heavy atom. The van der Waals surface area contributed by atoms with Gasteiger partial charge in [0, 0.05) is 13.1 Å². The first-order valence-electron chi connectivity index (χ1n) is 5.10. The zero-order valence-corrected chi connectivity index (χ0v) is 10.1. The van der Waals surface area contributed by atoms with E-state index in [4.69, 9.17) is 4.74 Å². The third-order valence-corrected chi connectivity index (χ3v) is 2.80. The van der Waals surface area contributed by atoms with Crippen LogP contribution in [0.15, 0.2) is 18.2 Å². The Balaban J connectivity index is 3.16. The van der Waals surface area contributed by atoms with E-state index in [1.165, 1.54) is 19.2 Å². The van der Waals surface area contributed by atoms with Crippen molar-refractivity contribution in [1.29, 1.82) is 0 Å². The summed E-state index contributed by atoms with van der Waals surface area (Å²) < 4.78 is 18.4. The molecule has 1 rings (SSSR count). The average Bonchev–Trinajstić information content (AvgIpc) is 2.28. The van der Waals surface area contributed by atoms with Crippen LogP contribution >= 0.6 is 0 Å². The predicted molar refractivity (Wildman–Crippen MR) is 62.5 cm³/mol. The van der Waals surface area contributed by atoms with E-state index in [0.717, 1.165) is 0 Å². The molecule has 90 valence electrons. The molecule has 0 fully saturated rings. The number of aliphatic hydroxyl groups is 1. The quantitative estimate of drug-likeness (QED) is 0.854. The number of rotatable bonds is 4. The molecular weight excluding hydrogens is 209 g/mol. The van der Waals surface area contributed by atoms with Gasteiger partial charge in [-0.05, 0) is 26.0 Å². The minimum absolute atomic E-state index is 0.0246. The van der Waals surface area contributed by atoms with Crippen LogP contribution in [-0.4, -0.2) is 31.4 Å².